The molecule has 0 spiro atoms. The first kappa shape index (κ1) is 13.0. The Morgan fingerprint density at radius 3 is 3.11 bits per heavy atom. The Bertz CT molecular complexity index is 393. The Morgan fingerprint density at radius 1 is 1.67 bits per heavy atom. The van der Waals surface area contributed by atoms with E-state index < -0.39 is 5.54 Å². The molecule has 1 aromatic heterocycles. The quantitative estimate of drug-likeness (QED) is 0.807. The lowest BCUT2D eigenvalue weighted by Crippen LogP contribution is -2.54. The molecule has 2 rings (SSSR count). The highest BCUT2D eigenvalue weighted by atomic mass is 16.5. The van der Waals surface area contributed by atoms with E-state index in [1.54, 1.807) is 6.33 Å². The van der Waals surface area contributed by atoms with Crippen molar-refractivity contribution in [3.63, 3.8) is 0 Å². The average Bonchev–Trinajstić information content (AvgIpc) is 2.93. The second-order valence-electron chi connectivity index (χ2n) is 4.68. The molecule has 1 aliphatic carbocycles. The topological polar surface area (TPSA) is 69.0 Å². The maximum Gasteiger partial charge on any atom is 0.326 e. The predicted molar refractivity (Wildman–Crippen MR) is 66.0 cm³/mol. The van der Waals surface area contributed by atoms with Crippen LogP contribution in [0.4, 0.5) is 0 Å². The van der Waals surface area contributed by atoms with Gasteiger partial charge in [-0.3, -0.25) is 4.79 Å². The lowest BCUT2D eigenvalue weighted by Gasteiger charge is -2.38. The van der Waals surface area contributed by atoms with Gasteiger partial charge >= 0.3 is 5.97 Å². The summed E-state index contributed by atoms with van der Waals surface area (Å²) in [5.41, 5.74) is -0.578. The highest BCUT2D eigenvalue weighted by Gasteiger charge is 2.43. The summed E-state index contributed by atoms with van der Waals surface area (Å²) in [4.78, 5) is 16.1. The molecule has 6 heteroatoms. The minimum Gasteiger partial charge on any atom is -0.465 e. The van der Waals surface area contributed by atoms with Gasteiger partial charge in [0.25, 0.3) is 0 Å². The van der Waals surface area contributed by atoms with Crippen LogP contribution in [0.1, 0.15) is 38.6 Å². The monoisotopic (exact) mass is 252 g/mol. The van der Waals surface area contributed by atoms with Gasteiger partial charge in [-0.2, -0.15) is 5.10 Å². The number of likely N-dealkylation sites (N-methyl/N-ethyl adjacent to an activating group) is 1. The number of nitrogens with zero attached hydrogens (tertiary/aromatic N) is 3. The molecule has 1 aromatic rings. The minimum atomic E-state index is -0.578. The first-order chi connectivity index (χ1) is 8.72. The van der Waals surface area contributed by atoms with Crippen LogP contribution >= 0.6 is 0 Å². The molecule has 2 unspecified atom stereocenters. The number of nitrogens with one attached hydrogen (secondary N) is 1. The van der Waals surface area contributed by atoms with E-state index in [-0.39, 0.29) is 12.0 Å². The third kappa shape index (κ3) is 2.38. The molecule has 1 heterocycles. The van der Waals surface area contributed by atoms with Gasteiger partial charge < -0.3 is 10.1 Å². The van der Waals surface area contributed by atoms with Crippen LogP contribution in [0, 0.1) is 0 Å². The molecule has 6 nitrogen and oxygen atoms in total. The van der Waals surface area contributed by atoms with Gasteiger partial charge in [0.05, 0.1) is 12.6 Å². The van der Waals surface area contributed by atoms with Gasteiger partial charge in [0.2, 0.25) is 0 Å². The molecule has 1 fully saturated rings. The number of carbonyl (C=O) groups is 1. The van der Waals surface area contributed by atoms with E-state index >= 15 is 0 Å². The number of aromatic nitrogens is 3. The number of rotatable bonds is 4. The van der Waals surface area contributed by atoms with E-state index in [0.29, 0.717) is 13.0 Å². The standard InChI is InChI=1S/C12H20N4O2/c1-3-18-11(17)12(13-2)6-4-5-10(7-12)16-9-14-8-15-16/h8-10,13H,3-7H2,1-2H3. The van der Waals surface area contributed by atoms with Crippen LogP contribution in [0.15, 0.2) is 12.7 Å². The molecule has 1 aliphatic rings. The molecular weight excluding hydrogens is 232 g/mol. The van der Waals surface area contributed by atoms with Gasteiger partial charge in [0.15, 0.2) is 0 Å². The van der Waals surface area contributed by atoms with Gasteiger partial charge in [0, 0.05) is 0 Å². The number of esters is 1. The highest BCUT2D eigenvalue weighted by molar-refractivity contribution is 5.81. The summed E-state index contributed by atoms with van der Waals surface area (Å²) < 4.78 is 7.03. The number of ether oxygens (including phenoxy) is 1. The van der Waals surface area contributed by atoms with Crippen LogP contribution in [0.25, 0.3) is 0 Å². The lowest BCUT2D eigenvalue weighted by molar-refractivity contribution is -0.153. The Morgan fingerprint density at radius 2 is 2.50 bits per heavy atom. The third-order valence-electron chi connectivity index (χ3n) is 3.68. The molecule has 1 saturated carbocycles. The zero-order valence-electron chi connectivity index (χ0n) is 10.9. The fourth-order valence-corrected chi connectivity index (χ4v) is 2.66. The molecule has 0 amide bonds. The summed E-state index contributed by atoms with van der Waals surface area (Å²) in [6.45, 7) is 2.25. The Labute approximate surface area is 107 Å². The van der Waals surface area contributed by atoms with Gasteiger partial charge in [0.1, 0.15) is 18.2 Å². The molecule has 2 atom stereocenters. The normalized spacial score (nSPS) is 28.0. The van der Waals surface area contributed by atoms with Crippen molar-refractivity contribution < 1.29 is 9.53 Å². The van der Waals surface area contributed by atoms with Crippen molar-refractivity contribution in [1.29, 1.82) is 0 Å². The second-order valence-corrected chi connectivity index (χ2v) is 4.68. The Hall–Kier alpha value is -1.43. The van der Waals surface area contributed by atoms with Crippen molar-refractivity contribution in [2.45, 2.75) is 44.2 Å². The first-order valence-corrected chi connectivity index (χ1v) is 6.42. The van der Waals surface area contributed by atoms with Gasteiger partial charge in [-0.05, 0) is 39.7 Å². The summed E-state index contributed by atoms with van der Waals surface area (Å²) >= 11 is 0. The zero-order valence-corrected chi connectivity index (χ0v) is 10.9. The van der Waals surface area contributed by atoms with Gasteiger partial charge in [-0.1, -0.05) is 0 Å². The molecule has 1 N–H and O–H groups in total. The Balaban J connectivity index is 2.14. The van der Waals surface area contributed by atoms with E-state index in [1.165, 1.54) is 6.33 Å². The summed E-state index contributed by atoms with van der Waals surface area (Å²) in [5.74, 6) is -0.155. The smallest absolute Gasteiger partial charge is 0.326 e. The number of hydrogen-bond acceptors (Lipinski definition) is 5. The van der Waals surface area contributed by atoms with E-state index in [2.05, 4.69) is 15.4 Å². The van der Waals surface area contributed by atoms with Crippen LogP contribution < -0.4 is 5.32 Å². The van der Waals surface area contributed by atoms with Crippen molar-refractivity contribution >= 4 is 5.97 Å². The first-order valence-electron chi connectivity index (χ1n) is 6.42. The lowest BCUT2D eigenvalue weighted by atomic mass is 9.79. The van der Waals surface area contributed by atoms with Crippen molar-refractivity contribution in [2.75, 3.05) is 13.7 Å². The summed E-state index contributed by atoms with van der Waals surface area (Å²) in [5, 5.41) is 7.33. The molecule has 0 bridgehead atoms. The predicted octanol–water partition coefficient (Wildman–Crippen LogP) is 0.914. The van der Waals surface area contributed by atoms with Crippen molar-refractivity contribution in [3.05, 3.63) is 12.7 Å². The molecule has 0 aromatic carbocycles. The van der Waals surface area contributed by atoms with Crippen molar-refractivity contribution in [2.24, 2.45) is 0 Å². The van der Waals surface area contributed by atoms with E-state index in [9.17, 15) is 4.79 Å². The molecule has 0 aliphatic heterocycles. The maximum absolute atomic E-state index is 12.1. The Kier molecular flexibility index (Phi) is 3.96. The fourth-order valence-electron chi connectivity index (χ4n) is 2.66. The molecule has 0 radical (unpaired) electrons. The van der Waals surface area contributed by atoms with E-state index in [4.69, 9.17) is 4.74 Å². The van der Waals surface area contributed by atoms with Gasteiger partial charge in [-0.15, -0.1) is 0 Å². The summed E-state index contributed by atoms with van der Waals surface area (Å²) in [6, 6.07) is 0.207. The van der Waals surface area contributed by atoms with Crippen LogP contribution in [0.5, 0.6) is 0 Å². The largest absolute Gasteiger partial charge is 0.465 e. The average molecular weight is 252 g/mol. The maximum atomic E-state index is 12.1. The molecule has 100 valence electrons. The third-order valence-corrected chi connectivity index (χ3v) is 3.68. The zero-order chi connectivity index (χ0) is 13.0. The summed E-state index contributed by atoms with van der Waals surface area (Å²) in [6.07, 6.45) is 6.75. The number of carbonyl (C=O) groups excluding carboxylic acids is 1. The minimum absolute atomic E-state index is 0.155. The summed E-state index contributed by atoms with van der Waals surface area (Å²) in [7, 11) is 1.82. The number of hydrogen-bond donors (Lipinski definition) is 1. The van der Waals surface area contributed by atoms with Crippen LogP contribution in [0.2, 0.25) is 0 Å². The van der Waals surface area contributed by atoms with Crippen LogP contribution in [0.3, 0.4) is 0 Å². The van der Waals surface area contributed by atoms with E-state index in [1.807, 2.05) is 18.7 Å². The van der Waals surface area contributed by atoms with E-state index in [0.717, 1.165) is 19.3 Å². The highest BCUT2D eigenvalue weighted by Crippen LogP contribution is 2.35. The SMILES string of the molecule is CCOC(=O)C1(NC)CCCC(n2cncn2)C1. The fraction of sp³-hybridized carbons (Fsp3) is 0.750. The van der Waals surface area contributed by atoms with Crippen molar-refractivity contribution in [1.82, 2.24) is 20.1 Å². The van der Waals surface area contributed by atoms with Crippen LogP contribution in [-0.4, -0.2) is 39.9 Å². The molecular formula is C12H20N4O2. The van der Waals surface area contributed by atoms with Crippen LogP contribution in [-0.2, 0) is 9.53 Å². The molecule has 0 saturated heterocycles. The van der Waals surface area contributed by atoms with Crippen molar-refractivity contribution in [3.8, 4) is 0 Å². The van der Waals surface area contributed by atoms with Gasteiger partial charge in [-0.25, -0.2) is 9.67 Å². The molecule has 18 heavy (non-hydrogen) atoms. The second kappa shape index (κ2) is 5.48.